The van der Waals surface area contributed by atoms with Gasteiger partial charge in [0.25, 0.3) is 0 Å². The number of hydrogen-bond acceptors (Lipinski definition) is 4. The molecule has 1 aliphatic heterocycles. The average Bonchev–Trinajstić information content (AvgIpc) is 2.38. The lowest BCUT2D eigenvalue weighted by molar-refractivity contribution is -0.142. The zero-order valence-electron chi connectivity index (χ0n) is 12.9. The molecule has 0 aromatic heterocycles. The first-order valence-corrected chi connectivity index (χ1v) is 7.78. The zero-order valence-corrected chi connectivity index (χ0v) is 12.9. The van der Waals surface area contributed by atoms with Crippen LogP contribution in [0.2, 0.25) is 0 Å². The Hall–Kier alpha value is -1.14. The molecule has 3 atom stereocenters. The smallest absolute Gasteiger partial charge is 0.224 e. The summed E-state index contributed by atoms with van der Waals surface area (Å²) in [4.78, 5) is 25.3. The number of nitrogens with one attached hydrogen (secondary N) is 1. The van der Waals surface area contributed by atoms with Crippen molar-refractivity contribution in [1.29, 1.82) is 0 Å². The van der Waals surface area contributed by atoms with Crippen LogP contribution in [0.5, 0.6) is 0 Å². The van der Waals surface area contributed by atoms with Crippen molar-refractivity contribution in [2.24, 2.45) is 5.92 Å². The van der Waals surface area contributed by atoms with Crippen molar-refractivity contribution in [3.8, 4) is 0 Å². The third-order valence-electron chi connectivity index (χ3n) is 4.50. The fourth-order valence-corrected chi connectivity index (χ4v) is 2.80. The van der Waals surface area contributed by atoms with Crippen LogP contribution < -0.4 is 5.32 Å². The Morgan fingerprint density at radius 1 is 1.24 bits per heavy atom. The molecule has 1 aliphatic carbocycles. The van der Waals surface area contributed by atoms with Gasteiger partial charge in [0.2, 0.25) is 11.8 Å². The summed E-state index contributed by atoms with van der Waals surface area (Å²) in [6, 6.07) is -0.145. The fraction of sp³-hybridized carbons (Fsp3) is 0.867. The molecule has 0 unspecified atom stereocenters. The van der Waals surface area contributed by atoms with Crippen molar-refractivity contribution >= 4 is 11.8 Å². The third kappa shape index (κ3) is 4.17. The number of nitrogens with zero attached hydrogens (tertiary/aromatic N) is 1. The summed E-state index contributed by atoms with van der Waals surface area (Å²) in [6.07, 6.45) is 4.26. The van der Waals surface area contributed by atoms with E-state index in [4.69, 9.17) is 4.74 Å². The highest BCUT2D eigenvalue weighted by Crippen LogP contribution is 2.28. The largest absolute Gasteiger partial charge is 0.394 e. The summed E-state index contributed by atoms with van der Waals surface area (Å²) >= 11 is 0. The van der Waals surface area contributed by atoms with Crippen LogP contribution in [0.25, 0.3) is 0 Å². The minimum Gasteiger partial charge on any atom is -0.394 e. The Bertz CT molecular complexity index is 382. The van der Waals surface area contributed by atoms with E-state index in [-0.39, 0.29) is 36.5 Å². The Morgan fingerprint density at radius 2 is 1.95 bits per heavy atom. The average molecular weight is 298 g/mol. The molecular weight excluding hydrogens is 272 g/mol. The van der Waals surface area contributed by atoms with E-state index in [2.05, 4.69) is 5.32 Å². The first-order valence-electron chi connectivity index (χ1n) is 7.78. The number of carbonyl (C=O) groups excluding carboxylic acids is 2. The summed E-state index contributed by atoms with van der Waals surface area (Å²) in [7, 11) is 3.44. The van der Waals surface area contributed by atoms with Crippen molar-refractivity contribution < 1.29 is 19.4 Å². The number of hydrogen-bond donors (Lipinski definition) is 2. The Labute approximate surface area is 125 Å². The second-order valence-corrected chi connectivity index (χ2v) is 6.29. The van der Waals surface area contributed by atoms with E-state index < -0.39 is 6.10 Å². The van der Waals surface area contributed by atoms with Gasteiger partial charge < -0.3 is 20.1 Å². The minimum atomic E-state index is -0.414. The van der Waals surface area contributed by atoms with E-state index in [0.717, 1.165) is 32.1 Å². The molecule has 0 radical (unpaired) electrons. The quantitative estimate of drug-likeness (QED) is 0.764. The molecule has 6 nitrogen and oxygen atoms in total. The van der Waals surface area contributed by atoms with Gasteiger partial charge in [-0.3, -0.25) is 9.59 Å². The third-order valence-corrected chi connectivity index (χ3v) is 4.50. The maximum absolute atomic E-state index is 12.0. The van der Waals surface area contributed by atoms with Crippen molar-refractivity contribution in [3.05, 3.63) is 0 Å². The maximum Gasteiger partial charge on any atom is 0.224 e. The molecular formula is C15H26N2O4. The second-order valence-electron chi connectivity index (χ2n) is 6.29. The molecule has 2 amide bonds. The summed E-state index contributed by atoms with van der Waals surface area (Å²) < 4.78 is 5.79. The molecule has 120 valence electrons. The minimum absolute atomic E-state index is 0.0219. The molecule has 21 heavy (non-hydrogen) atoms. The number of aliphatic hydroxyl groups excluding tert-OH is 1. The first-order chi connectivity index (χ1) is 10.0. The normalized spacial score (nSPS) is 29.6. The molecule has 0 aromatic carbocycles. The summed E-state index contributed by atoms with van der Waals surface area (Å²) in [5.41, 5.74) is 0. The summed E-state index contributed by atoms with van der Waals surface area (Å²) in [5, 5.41) is 12.5. The Balaban J connectivity index is 1.83. The van der Waals surface area contributed by atoms with Crippen molar-refractivity contribution in [2.75, 3.05) is 20.7 Å². The lowest BCUT2D eigenvalue weighted by Gasteiger charge is -2.37. The molecule has 0 aromatic rings. The Morgan fingerprint density at radius 3 is 2.48 bits per heavy atom. The molecule has 2 aliphatic rings. The molecule has 1 heterocycles. The molecule has 1 saturated heterocycles. The van der Waals surface area contributed by atoms with Crippen molar-refractivity contribution in [3.63, 3.8) is 0 Å². The van der Waals surface area contributed by atoms with E-state index in [1.54, 1.807) is 19.0 Å². The van der Waals surface area contributed by atoms with Crippen LogP contribution >= 0.6 is 0 Å². The van der Waals surface area contributed by atoms with Gasteiger partial charge in [0, 0.05) is 20.0 Å². The predicted octanol–water partition coefficient (Wildman–Crippen LogP) is 0.290. The first kappa shape index (κ1) is 16.2. The van der Waals surface area contributed by atoms with Gasteiger partial charge in [-0.25, -0.2) is 0 Å². The van der Waals surface area contributed by atoms with E-state index in [9.17, 15) is 14.7 Å². The van der Waals surface area contributed by atoms with Gasteiger partial charge in [-0.05, 0) is 25.7 Å². The van der Waals surface area contributed by atoms with Gasteiger partial charge in [-0.2, -0.15) is 0 Å². The number of ether oxygens (including phenoxy) is 1. The van der Waals surface area contributed by atoms with Crippen LogP contribution in [0.4, 0.5) is 0 Å². The van der Waals surface area contributed by atoms with Crippen LogP contribution in [0.3, 0.4) is 0 Å². The monoisotopic (exact) mass is 298 g/mol. The van der Waals surface area contributed by atoms with Gasteiger partial charge in [-0.15, -0.1) is 0 Å². The highest BCUT2D eigenvalue weighted by molar-refractivity contribution is 5.79. The molecule has 1 saturated carbocycles. The standard InChI is InChI=1S/C15H26N2O4/c1-17(2)14(19)8-11-6-7-12(13(9-18)21-11)16-15(20)10-4-3-5-10/h10-13,18H,3-9H2,1-2H3,(H,16,20)/t11-,12+,13-/m1/s1. The maximum atomic E-state index is 12.0. The van der Waals surface area contributed by atoms with E-state index in [1.165, 1.54) is 0 Å². The number of aliphatic hydroxyl groups is 1. The summed E-state index contributed by atoms with van der Waals surface area (Å²) in [5.74, 6) is 0.238. The van der Waals surface area contributed by atoms with E-state index >= 15 is 0 Å². The van der Waals surface area contributed by atoms with Gasteiger partial charge in [0.05, 0.1) is 25.2 Å². The van der Waals surface area contributed by atoms with Gasteiger partial charge in [0.1, 0.15) is 6.10 Å². The number of carbonyl (C=O) groups is 2. The highest BCUT2D eigenvalue weighted by Gasteiger charge is 2.35. The lowest BCUT2D eigenvalue weighted by atomic mass is 9.84. The van der Waals surface area contributed by atoms with Gasteiger partial charge in [-0.1, -0.05) is 6.42 Å². The fourth-order valence-electron chi connectivity index (χ4n) is 2.80. The second kappa shape index (κ2) is 7.22. The lowest BCUT2D eigenvalue weighted by Crippen LogP contribution is -2.53. The van der Waals surface area contributed by atoms with E-state index in [0.29, 0.717) is 6.42 Å². The molecule has 6 heteroatoms. The van der Waals surface area contributed by atoms with Crippen LogP contribution in [-0.4, -0.2) is 60.8 Å². The predicted molar refractivity (Wildman–Crippen MR) is 77.6 cm³/mol. The van der Waals surface area contributed by atoms with Crippen LogP contribution in [0.1, 0.15) is 38.5 Å². The Kier molecular flexibility index (Phi) is 5.58. The van der Waals surface area contributed by atoms with E-state index in [1.807, 2.05) is 0 Å². The molecule has 2 rings (SSSR count). The van der Waals surface area contributed by atoms with Crippen LogP contribution in [0, 0.1) is 5.92 Å². The SMILES string of the molecule is CN(C)C(=O)C[C@H]1CC[C@H](NC(=O)C2CCC2)[C@@H](CO)O1. The van der Waals surface area contributed by atoms with Crippen LogP contribution in [-0.2, 0) is 14.3 Å². The van der Waals surface area contributed by atoms with Gasteiger partial charge >= 0.3 is 0 Å². The van der Waals surface area contributed by atoms with Crippen LogP contribution in [0.15, 0.2) is 0 Å². The molecule has 2 fully saturated rings. The van der Waals surface area contributed by atoms with Crippen molar-refractivity contribution in [1.82, 2.24) is 10.2 Å². The molecule has 0 bridgehead atoms. The van der Waals surface area contributed by atoms with Crippen molar-refractivity contribution in [2.45, 2.75) is 56.8 Å². The molecule has 2 N–H and O–H groups in total. The topological polar surface area (TPSA) is 78.9 Å². The number of amides is 2. The summed E-state index contributed by atoms with van der Waals surface area (Å²) in [6.45, 7) is -0.137. The number of rotatable bonds is 5. The molecule has 0 spiro atoms. The van der Waals surface area contributed by atoms with Gasteiger partial charge in [0.15, 0.2) is 0 Å². The zero-order chi connectivity index (χ0) is 15.4. The highest BCUT2D eigenvalue weighted by atomic mass is 16.5.